The molecule has 37 heavy (non-hydrogen) atoms. The third-order valence-electron chi connectivity index (χ3n) is 5.69. The van der Waals surface area contributed by atoms with E-state index in [2.05, 4.69) is 10.4 Å². The average Bonchev–Trinajstić information content (AvgIpc) is 3.27. The van der Waals surface area contributed by atoms with Crippen molar-refractivity contribution < 1.29 is 14.3 Å². The summed E-state index contributed by atoms with van der Waals surface area (Å²) in [5, 5.41) is 8.01. The average molecular weight is 521 g/mol. The first-order valence-corrected chi connectivity index (χ1v) is 12.3. The molecule has 2 aromatic carbocycles. The second-order valence-corrected chi connectivity index (χ2v) is 9.10. The highest BCUT2D eigenvalue weighted by Crippen LogP contribution is 2.17. The second kappa shape index (κ2) is 12.4. The van der Waals surface area contributed by atoms with Crippen LogP contribution in [0.1, 0.15) is 32.7 Å². The van der Waals surface area contributed by atoms with Gasteiger partial charge in [-0.3, -0.25) is 14.3 Å². The molecule has 0 unspecified atom stereocenters. The molecule has 0 saturated heterocycles. The van der Waals surface area contributed by atoms with Crippen molar-refractivity contribution in [1.29, 1.82) is 0 Å². The minimum absolute atomic E-state index is 0.0203. The number of hydrogen-bond acceptors (Lipinski definition) is 5. The topological polar surface area (TPSA) is 87.4 Å². The normalized spacial score (nSPS) is 10.9. The molecule has 0 aliphatic rings. The predicted octanol–water partition coefficient (Wildman–Crippen LogP) is 4.06. The number of methoxy groups -OCH3 is 1. The summed E-state index contributed by atoms with van der Waals surface area (Å²) in [4.78, 5) is 25.0. The van der Waals surface area contributed by atoms with Crippen LogP contribution in [0.15, 0.2) is 77.9 Å². The molecule has 4 rings (SSSR count). The van der Waals surface area contributed by atoms with E-state index in [1.807, 2.05) is 49.5 Å². The first-order chi connectivity index (χ1) is 17.9. The minimum Gasteiger partial charge on any atom is -0.492 e. The zero-order chi connectivity index (χ0) is 26.2. The monoisotopic (exact) mass is 520 g/mol. The fourth-order valence-electron chi connectivity index (χ4n) is 3.83. The zero-order valence-corrected chi connectivity index (χ0v) is 21.6. The van der Waals surface area contributed by atoms with Crippen molar-refractivity contribution in [1.82, 2.24) is 19.7 Å². The van der Waals surface area contributed by atoms with Gasteiger partial charge in [-0.15, -0.1) is 0 Å². The maximum Gasteiger partial charge on any atom is 0.254 e. The van der Waals surface area contributed by atoms with Crippen molar-refractivity contribution in [3.8, 4) is 5.75 Å². The Morgan fingerprint density at radius 1 is 1.05 bits per heavy atom. The summed E-state index contributed by atoms with van der Waals surface area (Å²) < 4.78 is 14.3. The molecule has 0 fully saturated rings. The Bertz CT molecular complexity index is 1410. The molecule has 2 aromatic heterocycles. The SMILES string of the molecule is COCc1nn(Cc2ccc(Cn3ccc(C)cc3=O)cc2)cc1C(=O)NCCOc1cccc(Cl)c1. The standard InChI is InChI=1S/C28H29ClN4O4/c1-20-10-12-32(27(34)14-20)16-21-6-8-22(9-7-21)17-33-18-25(26(31-33)19-36-2)28(35)30-11-13-37-24-5-3-4-23(29)15-24/h3-10,12,14-15,18H,11,13,16-17,19H2,1-2H3,(H,30,35). The Labute approximate surface area is 220 Å². The number of nitrogens with zero attached hydrogens (tertiary/aromatic N) is 3. The molecular weight excluding hydrogens is 492 g/mol. The lowest BCUT2D eigenvalue weighted by atomic mass is 10.1. The van der Waals surface area contributed by atoms with E-state index >= 15 is 0 Å². The largest absolute Gasteiger partial charge is 0.492 e. The summed E-state index contributed by atoms with van der Waals surface area (Å²) in [6.45, 7) is 3.76. The molecule has 0 atom stereocenters. The van der Waals surface area contributed by atoms with E-state index in [9.17, 15) is 9.59 Å². The van der Waals surface area contributed by atoms with Crippen molar-refractivity contribution in [3.63, 3.8) is 0 Å². The maximum absolute atomic E-state index is 12.8. The molecule has 4 aromatic rings. The van der Waals surface area contributed by atoms with Crippen LogP contribution < -0.4 is 15.6 Å². The van der Waals surface area contributed by atoms with Gasteiger partial charge < -0.3 is 19.4 Å². The maximum atomic E-state index is 12.8. The quantitative estimate of drug-likeness (QED) is 0.301. The number of ether oxygens (including phenoxy) is 2. The third kappa shape index (κ3) is 7.31. The minimum atomic E-state index is -0.244. The van der Waals surface area contributed by atoms with Gasteiger partial charge >= 0.3 is 0 Å². The lowest BCUT2D eigenvalue weighted by Crippen LogP contribution is -2.28. The lowest BCUT2D eigenvalue weighted by Gasteiger charge is -2.08. The fraction of sp³-hybridized carbons (Fsp3) is 0.250. The molecule has 8 nitrogen and oxygen atoms in total. The van der Waals surface area contributed by atoms with E-state index in [0.717, 1.165) is 16.7 Å². The van der Waals surface area contributed by atoms with Crippen LogP contribution in [0.2, 0.25) is 5.02 Å². The molecule has 0 aliphatic carbocycles. The molecule has 192 valence electrons. The summed E-state index contributed by atoms with van der Waals surface area (Å²) in [6.07, 6.45) is 3.53. The van der Waals surface area contributed by atoms with E-state index in [1.165, 1.54) is 0 Å². The van der Waals surface area contributed by atoms with Crippen LogP contribution in [0.3, 0.4) is 0 Å². The smallest absolute Gasteiger partial charge is 0.254 e. The Kier molecular flexibility index (Phi) is 8.77. The van der Waals surface area contributed by atoms with Crippen LogP contribution in [0.25, 0.3) is 0 Å². The number of pyridine rings is 1. The number of carbonyl (C=O) groups is 1. The molecule has 1 amide bonds. The highest BCUT2D eigenvalue weighted by atomic mass is 35.5. The molecule has 0 radical (unpaired) electrons. The van der Waals surface area contributed by atoms with Gasteiger partial charge in [-0.2, -0.15) is 5.10 Å². The summed E-state index contributed by atoms with van der Waals surface area (Å²) in [7, 11) is 1.57. The van der Waals surface area contributed by atoms with Gasteiger partial charge in [0.05, 0.1) is 31.8 Å². The molecular formula is C28H29ClN4O4. The van der Waals surface area contributed by atoms with Crippen molar-refractivity contribution in [2.45, 2.75) is 26.6 Å². The van der Waals surface area contributed by atoms with Crippen LogP contribution >= 0.6 is 11.6 Å². The third-order valence-corrected chi connectivity index (χ3v) is 5.92. The Morgan fingerprint density at radius 3 is 2.51 bits per heavy atom. The molecule has 1 N–H and O–H groups in total. The second-order valence-electron chi connectivity index (χ2n) is 8.67. The van der Waals surface area contributed by atoms with Crippen LogP contribution in [-0.2, 0) is 24.4 Å². The molecule has 0 saturated carbocycles. The van der Waals surface area contributed by atoms with Gasteiger partial charge in [0.25, 0.3) is 11.5 Å². The van der Waals surface area contributed by atoms with Gasteiger partial charge in [0.2, 0.25) is 0 Å². The summed E-state index contributed by atoms with van der Waals surface area (Å²) in [5.74, 6) is 0.401. The van der Waals surface area contributed by atoms with Gasteiger partial charge in [0.1, 0.15) is 18.1 Å². The fourth-order valence-corrected chi connectivity index (χ4v) is 4.01. The number of amides is 1. The Morgan fingerprint density at radius 2 is 1.81 bits per heavy atom. The number of carbonyl (C=O) groups excluding carboxylic acids is 1. The zero-order valence-electron chi connectivity index (χ0n) is 20.8. The van der Waals surface area contributed by atoms with Crippen molar-refractivity contribution in [3.05, 3.63) is 116 Å². The van der Waals surface area contributed by atoms with E-state index in [4.69, 9.17) is 21.1 Å². The van der Waals surface area contributed by atoms with E-state index < -0.39 is 0 Å². The van der Waals surface area contributed by atoms with Crippen LogP contribution in [0.4, 0.5) is 0 Å². The van der Waals surface area contributed by atoms with Crippen LogP contribution in [-0.4, -0.2) is 40.5 Å². The van der Waals surface area contributed by atoms with E-state index in [0.29, 0.717) is 48.3 Å². The number of rotatable bonds is 11. The molecule has 0 bridgehead atoms. The van der Waals surface area contributed by atoms with Gasteiger partial charge in [-0.25, -0.2) is 0 Å². The van der Waals surface area contributed by atoms with Crippen LogP contribution in [0.5, 0.6) is 5.75 Å². The Balaban J connectivity index is 1.36. The van der Waals surface area contributed by atoms with Crippen LogP contribution in [0, 0.1) is 6.92 Å². The molecule has 0 aliphatic heterocycles. The summed E-state index contributed by atoms with van der Waals surface area (Å²) >= 11 is 5.96. The number of nitrogens with one attached hydrogen (secondary N) is 1. The first-order valence-electron chi connectivity index (χ1n) is 11.9. The number of hydrogen-bond donors (Lipinski definition) is 1. The van der Waals surface area contributed by atoms with Gasteiger partial charge in [0.15, 0.2) is 0 Å². The molecule has 2 heterocycles. The van der Waals surface area contributed by atoms with Crippen molar-refractivity contribution in [2.75, 3.05) is 20.3 Å². The van der Waals surface area contributed by atoms with Crippen molar-refractivity contribution >= 4 is 17.5 Å². The molecule has 0 spiro atoms. The number of aromatic nitrogens is 3. The number of halogens is 1. The van der Waals surface area contributed by atoms with E-state index in [-0.39, 0.29) is 18.1 Å². The van der Waals surface area contributed by atoms with Gasteiger partial charge in [-0.05, 0) is 47.9 Å². The number of aryl methyl sites for hydroxylation is 1. The first kappa shape index (κ1) is 26.2. The highest BCUT2D eigenvalue weighted by molar-refractivity contribution is 6.30. The highest BCUT2D eigenvalue weighted by Gasteiger charge is 2.16. The Hall–Kier alpha value is -3.88. The summed E-state index contributed by atoms with van der Waals surface area (Å²) in [5.41, 5.74) is 3.99. The van der Waals surface area contributed by atoms with Crippen molar-refractivity contribution in [2.24, 2.45) is 0 Å². The molecule has 9 heteroatoms. The van der Waals surface area contributed by atoms with E-state index in [1.54, 1.807) is 46.8 Å². The number of benzene rings is 2. The van der Waals surface area contributed by atoms with Gasteiger partial charge in [0, 0.05) is 30.6 Å². The predicted molar refractivity (Wildman–Crippen MR) is 142 cm³/mol. The van der Waals surface area contributed by atoms with Gasteiger partial charge in [-0.1, -0.05) is 41.9 Å². The summed E-state index contributed by atoms with van der Waals surface area (Å²) in [6, 6.07) is 18.6. The lowest BCUT2D eigenvalue weighted by molar-refractivity contribution is 0.0942.